The first-order valence-corrected chi connectivity index (χ1v) is 10.6. The van der Waals surface area contributed by atoms with Crippen LogP contribution in [0.15, 0.2) is 71.8 Å². The molecule has 0 spiro atoms. The van der Waals surface area contributed by atoms with E-state index in [-0.39, 0.29) is 23.2 Å². The van der Waals surface area contributed by atoms with E-state index in [1.54, 1.807) is 25.1 Å². The molecule has 0 fully saturated rings. The molecule has 2 aromatic carbocycles. The highest BCUT2D eigenvalue weighted by Crippen LogP contribution is 2.20. The Balaban J connectivity index is 1.59. The van der Waals surface area contributed by atoms with Crippen LogP contribution in [0.25, 0.3) is 0 Å². The van der Waals surface area contributed by atoms with Gasteiger partial charge in [-0.25, -0.2) is 22.5 Å². The number of amides is 1. The van der Waals surface area contributed by atoms with E-state index < -0.39 is 15.8 Å². The van der Waals surface area contributed by atoms with Crippen LogP contribution >= 0.6 is 0 Å². The van der Waals surface area contributed by atoms with Gasteiger partial charge in [0.15, 0.2) is 0 Å². The lowest BCUT2D eigenvalue weighted by molar-refractivity contribution is -0.115. The summed E-state index contributed by atoms with van der Waals surface area (Å²) in [5.41, 5.74) is 1.15. The van der Waals surface area contributed by atoms with Crippen LogP contribution in [-0.2, 0) is 21.4 Å². The molecule has 0 aliphatic rings. The maximum atomic E-state index is 13.2. The van der Waals surface area contributed by atoms with Crippen LogP contribution < -0.4 is 14.8 Å². The number of anilines is 1. The van der Waals surface area contributed by atoms with Crippen molar-refractivity contribution in [1.29, 1.82) is 0 Å². The second-order valence-electron chi connectivity index (χ2n) is 6.31. The number of pyridine rings is 1. The number of carbonyl (C=O) groups excluding carboxylic acids is 1. The van der Waals surface area contributed by atoms with E-state index >= 15 is 0 Å². The molecule has 30 heavy (non-hydrogen) atoms. The van der Waals surface area contributed by atoms with Crippen molar-refractivity contribution in [3.05, 3.63) is 78.2 Å². The molecular weight excluding hydrogens is 409 g/mol. The van der Waals surface area contributed by atoms with Gasteiger partial charge in [0.2, 0.25) is 21.8 Å². The molecule has 0 aliphatic heterocycles. The van der Waals surface area contributed by atoms with E-state index in [0.29, 0.717) is 23.4 Å². The highest BCUT2D eigenvalue weighted by atomic mass is 32.2. The molecule has 1 heterocycles. The minimum Gasteiger partial charge on any atom is -0.439 e. The molecule has 0 unspecified atom stereocenters. The van der Waals surface area contributed by atoms with Crippen molar-refractivity contribution in [3.63, 3.8) is 0 Å². The van der Waals surface area contributed by atoms with Gasteiger partial charge >= 0.3 is 0 Å². The van der Waals surface area contributed by atoms with Crippen LogP contribution in [0.4, 0.5) is 10.1 Å². The number of hydrogen-bond acceptors (Lipinski definition) is 5. The smallest absolute Gasteiger partial charge is 0.240 e. The van der Waals surface area contributed by atoms with Crippen LogP contribution in [-0.4, -0.2) is 19.3 Å². The van der Waals surface area contributed by atoms with E-state index in [1.165, 1.54) is 48.7 Å². The predicted molar refractivity (Wildman–Crippen MR) is 110 cm³/mol. The monoisotopic (exact) mass is 429 g/mol. The fraction of sp³-hybridized carbons (Fsp3) is 0.143. The van der Waals surface area contributed by atoms with Gasteiger partial charge in [-0.3, -0.25) is 4.79 Å². The van der Waals surface area contributed by atoms with E-state index in [0.717, 1.165) is 0 Å². The van der Waals surface area contributed by atoms with Gasteiger partial charge in [0.25, 0.3) is 0 Å². The van der Waals surface area contributed by atoms with Gasteiger partial charge in [-0.1, -0.05) is 19.1 Å². The highest BCUT2D eigenvalue weighted by Gasteiger charge is 2.14. The maximum absolute atomic E-state index is 13.2. The zero-order valence-electron chi connectivity index (χ0n) is 16.1. The van der Waals surface area contributed by atoms with Crippen LogP contribution in [0.5, 0.6) is 11.6 Å². The van der Waals surface area contributed by atoms with Crippen LogP contribution in [0.2, 0.25) is 0 Å². The van der Waals surface area contributed by atoms with Crippen molar-refractivity contribution in [2.45, 2.75) is 24.8 Å². The summed E-state index contributed by atoms with van der Waals surface area (Å²) < 4.78 is 46.1. The predicted octanol–water partition coefficient (Wildman–Crippen LogP) is 3.84. The molecule has 0 aliphatic carbocycles. The summed E-state index contributed by atoms with van der Waals surface area (Å²) in [4.78, 5) is 15.6. The van der Waals surface area contributed by atoms with Gasteiger partial charge in [-0.15, -0.1) is 0 Å². The summed E-state index contributed by atoms with van der Waals surface area (Å²) in [6.07, 6.45) is 1.81. The first-order chi connectivity index (χ1) is 14.4. The summed E-state index contributed by atoms with van der Waals surface area (Å²) in [5, 5.41) is 2.66. The van der Waals surface area contributed by atoms with E-state index in [1.807, 2.05) is 0 Å². The largest absolute Gasteiger partial charge is 0.439 e. The first kappa shape index (κ1) is 21.4. The first-order valence-electron chi connectivity index (χ1n) is 9.13. The Bertz CT molecular complexity index is 1120. The summed E-state index contributed by atoms with van der Waals surface area (Å²) in [6.45, 7) is 1.76. The highest BCUT2D eigenvalue weighted by molar-refractivity contribution is 7.89. The van der Waals surface area contributed by atoms with Crippen molar-refractivity contribution in [1.82, 2.24) is 9.71 Å². The topological polar surface area (TPSA) is 97.4 Å². The van der Waals surface area contributed by atoms with Gasteiger partial charge in [0, 0.05) is 37.0 Å². The molecule has 0 atom stereocenters. The average molecular weight is 429 g/mol. The fourth-order valence-corrected chi connectivity index (χ4v) is 3.47. The molecule has 1 aromatic heterocycles. The molecular formula is C21H20FN3O4S. The Morgan fingerprint density at radius 3 is 2.50 bits per heavy atom. The normalized spacial score (nSPS) is 11.1. The van der Waals surface area contributed by atoms with Gasteiger partial charge in [0.1, 0.15) is 11.6 Å². The molecule has 9 heteroatoms. The van der Waals surface area contributed by atoms with Crippen molar-refractivity contribution in [2.75, 3.05) is 5.32 Å². The standard InChI is InChI=1S/C21H20FN3O4S/c1-2-20(26)25-17-7-9-19(10-8-17)30(27,28)24-14-15-6-11-21(23-13-15)29-18-5-3-4-16(22)12-18/h3-13,24H,2,14H2,1H3,(H,25,26). The minimum absolute atomic E-state index is 0.0316. The Labute approximate surface area is 174 Å². The molecule has 0 radical (unpaired) electrons. The number of ether oxygens (including phenoxy) is 1. The number of hydrogen-bond donors (Lipinski definition) is 2. The number of nitrogens with zero attached hydrogens (tertiary/aromatic N) is 1. The van der Waals surface area contributed by atoms with E-state index in [4.69, 9.17) is 4.74 Å². The molecule has 0 bridgehead atoms. The second-order valence-corrected chi connectivity index (χ2v) is 8.08. The maximum Gasteiger partial charge on any atom is 0.240 e. The van der Waals surface area contributed by atoms with Crippen molar-refractivity contribution >= 4 is 21.6 Å². The zero-order chi connectivity index (χ0) is 21.6. The Hall–Kier alpha value is -3.30. The molecule has 0 saturated carbocycles. The number of nitrogens with one attached hydrogen (secondary N) is 2. The van der Waals surface area contributed by atoms with Crippen molar-refractivity contribution in [2.24, 2.45) is 0 Å². The molecule has 7 nitrogen and oxygen atoms in total. The molecule has 3 rings (SSSR count). The third-order valence-corrected chi connectivity index (χ3v) is 5.47. The molecule has 1 amide bonds. The summed E-state index contributed by atoms with van der Waals surface area (Å²) in [6, 6.07) is 14.8. The van der Waals surface area contributed by atoms with Crippen LogP contribution in [0.3, 0.4) is 0 Å². The summed E-state index contributed by atoms with van der Waals surface area (Å²) >= 11 is 0. The van der Waals surface area contributed by atoms with Crippen molar-refractivity contribution in [3.8, 4) is 11.6 Å². The fourth-order valence-electron chi connectivity index (χ4n) is 2.46. The van der Waals surface area contributed by atoms with Gasteiger partial charge in [-0.05, 0) is 42.0 Å². The van der Waals surface area contributed by atoms with Gasteiger partial charge in [-0.2, -0.15) is 0 Å². The second kappa shape index (κ2) is 9.47. The number of rotatable bonds is 8. The van der Waals surface area contributed by atoms with Crippen molar-refractivity contribution < 1.29 is 22.3 Å². The number of halogens is 1. The molecule has 156 valence electrons. The number of aromatic nitrogens is 1. The minimum atomic E-state index is -3.74. The molecule has 0 saturated heterocycles. The van der Waals surface area contributed by atoms with Crippen LogP contribution in [0.1, 0.15) is 18.9 Å². The molecule has 2 N–H and O–H groups in total. The Morgan fingerprint density at radius 2 is 1.87 bits per heavy atom. The average Bonchev–Trinajstić information content (AvgIpc) is 2.74. The Kier molecular flexibility index (Phi) is 6.76. The number of carbonyl (C=O) groups is 1. The van der Waals surface area contributed by atoms with Crippen LogP contribution in [0, 0.1) is 5.82 Å². The Morgan fingerprint density at radius 1 is 1.10 bits per heavy atom. The number of sulfonamides is 1. The SMILES string of the molecule is CCC(=O)Nc1ccc(S(=O)(=O)NCc2ccc(Oc3cccc(F)c3)nc2)cc1. The quantitative estimate of drug-likeness (QED) is 0.567. The number of benzene rings is 2. The van der Waals surface area contributed by atoms with E-state index in [9.17, 15) is 17.6 Å². The van der Waals surface area contributed by atoms with Gasteiger partial charge in [0.05, 0.1) is 4.90 Å². The zero-order valence-corrected chi connectivity index (χ0v) is 16.9. The summed E-state index contributed by atoms with van der Waals surface area (Å²) in [5.74, 6) is 0.00631. The summed E-state index contributed by atoms with van der Waals surface area (Å²) in [7, 11) is -3.74. The lowest BCUT2D eigenvalue weighted by Crippen LogP contribution is -2.23. The van der Waals surface area contributed by atoms with Gasteiger partial charge < -0.3 is 10.1 Å². The third kappa shape index (κ3) is 5.85. The lowest BCUT2D eigenvalue weighted by atomic mass is 10.3. The lowest BCUT2D eigenvalue weighted by Gasteiger charge is -2.09. The third-order valence-electron chi connectivity index (χ3n) is 4.05. The van der Waals surface area contributed by atoms with E-state index in [2.05, 4.69) is 15.0 Å². The molecule has 3 aromatic rings.